The van der Waals surface area contributed by atoms with Gasteiger partial charge in [-0.05, 0) is 26.8 Å². The molecule has 0 saturated carbocycles. The first-order valence-corrected chi connectivity index (χ1v) is 6.17. The van der Waals surface area contributed by atoms with E-state index in [1.807, 2.05) is 0 Å². The Balaban J connectivity index is 3.61. The normalized spacial score (nSPS) is 12.3. The smallest absolute Gasteiger partial charge is 0.103 e. The highest BCUT2D eigenvalue weighted by atomic mass is 127. The summed E-state index contributed by atoms with van der Waals surface area (Å²) in [4.78, 5) is 0. The second-order valence-electron chi connectivity index (χ2n) is 3.31. The maximum atomic E-state index is 3.96. The van der Waals surface area contributed by atoms with Crippen molar-refractivity contribution in [3.05, 3.63) is 12.4 Å². The minimum Gasteiger partial charge on any atom is -0.372 e. The maximum Gasteiger partial charge on any atom is 0.103 e. The number of hydrogen-bond acceptors (Lipinski definition) is 3. The Morgan fingerprint density at radius 1 is 1.43 bits per heavy atom. The highest BCUT2D eigenvalue weighted by Crippen LogP contribution is 2.08. The first kappa shape index (κ1) is 14.0. The van der Waals surface area contributed by atoms with Gasteiger partial charge in [0.25, 0.3) is 0 Å². The van der Waals surface area contributed by atoms with Crippen molar-refractivity contribution in [3.8, 4) is 0 Å². The SMILES string of the molecule is C=C(NCC)N(I)CC[C@@H](C)NCC. The third kappa shape index (κ3) is 6.48. The van der Waals surface area contributed by atoms with E-state index < -0.39 is 0 Å². The van der Waals surface area contributed by atoms with Crippen LogP contribution in [0, 0.1) is 0 Å². The van der Waals surface area contributed by atoms with Crippen LogP contribution in [0.2, 0.25) is 0 Å². The van der Waals surface area contributed by atoms with Crippen LogP contribution in [0.4, 0.5) is 0 Å². The number of nitrogens with zero attached hydrogens (tertiary/aromatic N) is 1. The van der Waals surface area contributed by atoms with Crippen LogP contribution in [0.15, 0.2) is 12.4 Å². The Morgan fingerprint density at radius 3 is 2.57 bits per heavy atom. The van der Waals surface area contributed by atoms with E-state index in [1.165, 1.54) is 0 Å². The Labute approximate surface area is 102 Å². The molecule has 0 aliphatic rings. The van der Waals surface area contributed by atoms with Crippen molar-refractivity contribution in [2.75, 3.05) is 19.6 Å². The van der Waals surface area contributed by atoms with Gasteiger partial charge < -0.3 is 13.7 Å². The summed E-state index contributed by atoms with van der Waals surface area (Å²) >= 11 is 2.30. The molecule has 3 nitrogen and oxygen atoms in total. The standard InChI is InChI=1S/C10H22IN3/c1-5-12-9(3)7-8-14(11)10(4)13-6-2/h9,12-13H,4-8H2,1-3H3/t9-/m1/s1. The summed E-state index contributed by atoms with van der Waals surface area (Å²) in [5.41, 5.74) is 0. The zero-order chi connectivity index (χ0) is 11.0. The predicted molar refractivity (Wildman–Crippen MR) is 71.3 cm³/mol. The van der Waals surface area contributed by atoms with E-state index in [-0.39, 0.29) is 0 Å². The molecule has 14 heavy (non-hydrogen) atoms. The van der Waals surface area contributed by atoms with Gasteiger partial charge in [-0.2, -0.15) is 0 Å². The lowest BCUT2D eigenvalue weighted by Crippen LogP contribution is -2.31. The fraction of sp³-hybridized carbons (Fsp3) is 0.800. The average Bonchev–Trinajstić information content (AvgIpc) is 2.15. The number of rotatable bonds is 8. The molecule has 1 atom stereocenters. The first-order chi connectivity index (χ1) is 6.61. The molecule has 0 aromatic carbocycles. The molecular formula is C10H22IN3. The van der Waals surface area contributed by atoms with E-state index in [0.29, 0.717) is 6.04 Å². The van der Waals surface area contributed by atoms with Crippen LogP contribution < -0.4 is 10.6 Å². The van der Waals surface area contributed by atoms with Crippen molar-refractivity contribution >= 4 is 22.9 Å². The van der Waals surface area contributed by atoms with Crippen LogP contribution in [-0.2, 0) is 0 Å². The van der Waals surface area contributed by atoms with E-state index in [0.717, 1.165) is 31.9 Å². The molecule has 84 valence electrons. The molecule has 0 heterocycles. The highest BCUT2D eigenvalue weighted by molar-refractivity contribution is 14.1. The lowest BCUT2D eigenvalue weighted by Gasteiger charge is -2.21. The molecule has 4 heteroatoms. The topological polar surface area (TPSA) is 27.3 Å². The van der Waals surface area contributed by atoms with Crippen LogP contribution in [0.3, 0.4) is 0 Å². The quantitative estimate of drug-likeness (QED) is 0.531. The van der Waals surface area contributed by atoms with Gasteiger partial charge in [0, 0.05) is 19.1 Å². The summed E-state index contributed by atoms with van der Waals surface area (Å²) in [6.07, 6.45) is 1.14. The summed E-state index contributed by atoms with van der Waals surface area (Å²) < 4.78 is 2.13. The zero-order valence-electron chi connectivity index (χ0n) is 9.44. The van der Waals surface area contributed by atoms with Crippen LogP contribution in [0.5, 0.6) is 0 Å². The minimum atomic E-state index is 0.576. The summed E-state index contributed by atoms with van der Waals surface area (Å²) in [5, 5.41) is 6.60. The van der Waals surface area contributed by atoms with Gasteiger partial charge in [-0.3, -0.25) is 0 Å². The summed E-state index contributed by atoms with van der Waals surface area (Å²) in [6.45, 7) is 13.4. The van der Waals surface area contributed by atoms with Gasteiger partial charge in [0.05, 0.1) is 22.9 Å². The predicted octanol–water partition coefficient (Wildman–Crippen LogP) is 2.11. The first-order valence-electron chi connectivity index (χ1n) is 5.21. The molecule has 0 fully saturated rings. The monoisotopic (exact) mass is 311 g/mol. The van der Waals surface area contributed by atoms with Crippen molar-refractivity contribution in [2.24, 2.45) is 0 Å². The van der Waals surface area contributed by atoms with Crippen molar-refractivity contribution in [1.29, 1.82) is 0 Å². The van der Waals surface area contributed by atoms with E-state index in [2.05, 4.69) is 64.0 Å². The molecule has 0 aromatic heterocycles. The molecule has 0 aliphatic heterocycles. The van der Waals surface area contributed by atoms with Crippen LogP contribution in [0.1, 0.15) is 27.2 Å². The fourth-order valence-electron chi connectivity index (χ4n) is 1.18. The number of halogens is 1. The maximum absolute atomic E-state index is 3.96. The highest BCUT2D eigenvalue weighted by Gasteiger charge is 2.05. The Morgan fingerprint density at radius 2 is 2.07 bits per heavy atom. The molecule has 2 N–H and O–H groups in total. The third-order valence-electron chi connectivity index (χ3n) is 1.98. The van der Waals surface area contributed by atoms with E-state index in [9.17, 15) is 0 Å². The summed E-state index contributed by atoms with van der Waals surface area (Å²) in [5.74, 6) is 0.997. The fourth-order valence-corrected chi connectivity index (χ4v) is 1.63. The molecule has 0 unspecified atom stereocenters. The molecule has 0 rings (SSSR count). The molecular weight excluding hydrogens is 289 g/mol. The lowest BCUT2D eigenvalue weighted by molar-refractivity contribution is 0.463. The van der Waals surface area contributed by atoms with Crippen molar-refractivity contribution in [3.63, 3.8) is 0 Å². The number of hydrogen-bond donors (Lipinski definition) is 2. The summed E-state index contributed by atoms with van der Waals surface area (Å²) in [6, 6.07) is 0.576. The molecule has 0 spiro atoms. The van der Waals surface area contributed by atoms with Gasteiger partial charge >= 0.3 is 0 Å². The molecule has 0 saturated heterocycles. The van der Waals surface area contributed by atoms with Crippen LogP contribution >= 0.6 is 22.9 Å². The van der Waals surface area contributed by atoms with Gasteiger partial charge in [0.1, 0.15) is 5.82 Å². The van der Waals surface area contributed by atoms with Gasteiger partial charge in [-0.25, -0.2) is 0 Å². The minimum absolute atomic E-state index is 0.576. The Hall–Kier alpha value is 0.0300. The Bertz CT molecular complexity index is 161. The lowest BCUT2D eigenvalue weighted by atomic mass is 10.2. The third-order valence-corrected chi connectivity index (χ3v) is 3.05. The summed E-state index contributed by atoms with van der Waals surface area (Å²) in [7, 11) is 0. The van der Waals surface area contributed by atoms with E-state index >= 15 is 0 Å². The molecule has 0 aromatic rings. The van der Waals surface area contributed by atoms with Crippen LogP contribution in [-0.4, -0.2) is 28.8 Å². The zero-order valence-corrected chi connectivity index (χ0v) is 11.6. The largest absolute Gasteiger partial charge is 0.372 e. The van der Waals surface area contributed by atoms with Gasteiger partial charge in [-0.15, -0.1) is 0 Å². The van der Waals surface area contributed by atoms with Gasteiger partial charge in [0.2, 0.25) is 0 Å². The van der Waals surface area contributed by atoms with Gasteiger partial charge in [-0.1, -0.05) is 13.5 Å². The Kier molecular flexibility index (Phi) is 8.37. The van der Waals surface area contributed by atoms with Crippen molar-refractivity contribution in [2.45, 2.75) is 33.2 Å². The van der Waals surface area contributed by atoms with Crippen LogP contribution in [0.25, 0.3) is 0 Å². The van der Waals surface area contributed by atoms with E-state index in [1.54, 1.807) is 0 Å². The molecule has 0 aliphatic carbocycles. The number of nitrogens with one attached hydrogen (secondary N) is 2. The average molecular weight is 311 g/mol. The van der Waals surface area contributed by atoms with Crippen molar-refractivity contribution in [1.82, 2.24) is 13.7 Å². The second-order valence-corrected chi connectivity index (χ2v) is 4.47. The van der Waals surface area contributed by atoms with Gasteiger partial charge in [0.15, 0.2) is 0 Å². The molecule has 0 radical (unpaired) electrons. The van der Waals surface area contributed by atoms with E-state index in [4.69, 9.17) is 0 Å². The second kappa shape index (κ2) is 8.35. The van der Waals surface area contributed by atoms with Crippen molar-refractivity contribution < 1.29 is 0 Å². The molecule has 0 bridgehead atoms. The molecule has 0 amide bonds.